The van der Waals surface area contributed by atoms with Gasteiger partial charge in [-0.25, -0.2) is 0 Å². The van der Waals surface area contributed by atoms with Crippen LogP contribution in [0.15, 0.2) is 78.9 Å². The minimum absolute atomic E-state index is 0.228. The van der Waals surface area contributed by atoms with Crippen LogP contribution in [0.25, 0.3) is 0 Å². The van der Waals surface area contributed by atoms with Crippen molar-refractivity contribution in [3.05, 3.63) is 84.4 Å². The number of hydrogen-bond donors (Lipinski definition) is 1. The van der Waals surface area contributed by atoms with E-state index < -0.39 is 6.10 Å². The number of amides is 1. The monoisotopic (exact) mass is 377 g/mol. The van der Waals surface area contributed by atoms with Crippen molar-refractivity contribution in [3.8, 4) is 17.2 Å². The molecule has 1 N–H and O–H groups in total. The molecule has 0 aliphatic carbocycles. The number of carbonyl (C=O) groups excluding carboxylic acids is 1. The molecule has 3 aromatic carbocycles. The number of carbonyl (C=O) groups is 1. The van der Waals surface area contributed by atoms with Crippen LogP contribution in [0, 0.1) is 0 Å². The predicted molar refractivity (Wildman–Crippen MR) is 109 cm³/mol. The first-order chi connectivity index (χ1) is 13.6. The number of anilines is 1. The fourth-order valence-corrected chi connectivity index (χ4v) is 2.53. The lowest BCUT2D eigenvalue weighted by Crippen LogP contribution is -2.30. The smallest absolute Gasteiger partial charge is 0.265 e. The number of methoxy groups -OCH3 is 1. The quantitative estimate of drug-likeness (QED) is 0.619. The van der Waals surface area contributed by atoms with Crippen molar-refractivity contribution in [1.82, 2.24) is 0 Å². The molecule has 1 atom stereocenters. The third-order valence-electron chi connectivity index (χ3n) is 4.11. The number of benzene rings is 3. The molecule has 3 aromatic rings. The highest BCUT2D eigenvalue weighted by molar-refractivity contribution is 5.94. The summed E-state index contributed by atoms with van der Waals surface area (Å²) in [5.41, 5.74) is 1.78. The Morgan fingerprint density at radius 2 is 1.46 bits per heavy atom. The van der Waals surface area contributed by atoms with Crippen LogP contribution in [-0.4, -0.2) is 19.1 Å². The van der Waals surface area contributed by atoms with E-state index in [2.05, 4.69) is 5.32 Å². The minimum atomic E-state index is -0.637. The van der Waals surface area contributed by atoms with Crippen molar-refractivity contribution in [3.63, 3.8) is 0 Å². The molecule has 0 radical (unpaired) electrons. The van der Waals surface area contributed by atoms with Gasteiger partial charge in [-0.15, -0.1) is 0 Å². The van der Waals surface area contributed by atoms with E-state index in [1.807, 2.05) is 42.5 Å². The van der Waals surface area contributed by atoms with E-state index in [0.717, 1.165) is 17.1 Å². The average molecular weight is 377 g/mol. The van der Waals surface area contributed by atoms with Crippen LogP contribution in [0.1, 0.15) is 12.5 Å². The molecule has 0 aliphatic heterocycles. The first-order valence-electron chi connectivity index (χ1n) is 9.02. The predicted octanol–water partition coefficient (Wildman–Crippen LogP) is 4.68. The lowest BCUT2D eigenvalue weighted by molar-refractivity contribution is -0.122. The van der Waals surface area contributed by atoms with E-state index in [1.54, 1.807) is 50.4 Å². The second-order valence-corrected chi connectivity index (χ2v) is 6.22. The summed E-state index contributed by atoms with van der Waals surface area (Å²) in [6, 6.07) is 24.3. The van der Waals surface area contributed by atoms with Gasteiger partial charge in [0.05, 0.1) is 7.11 Å². The maximum atomic E-state index is 12.3. The zero-order valence-corrected chi connectivity index (χ0v) is 15.9. The topological polar surface area (TPSA) is 56.8 Å². The highest BCUT2D eigenvalue weighted by Gasteiger charge is 2.15. The van der Waals surface area contributed by atoms with E-state index in [1.165, 1.54) is 0 Å². The highest BCUT2D eigenvalue weighted by atomic mass is 16.5. The average Bonchev–Trinajstić information content (AvgIpc) is 2.74. The van der Waals surface area contributed by atoms with Crippen molar-refractivity contribution in [1.29, 1.82) is 0 Å². The SMILES string of the molecule is COc1ccc(O[C@@H](C)C(=O)Nc2ccc(OCc3ccccc3)cc2)cc1. The van der Waals surface area contributed by atoms with E-state index in [-0.39, 0.29) is 5.91 Å². The molecule has 3 rings (SSSR count). The molecular weight excluding hydrogens is 354 g/mol. The molecule has 0 bridgehead atoms. The Morgan fingerprint density at radius 3 is 2.11 bits per heavy atom. The van der Waals surface area contributed by atoms with Gasteiger partial charge in [0, 0.05) is 5.69 Å². The Hall–Kier alpha value is -3.47. The number of hydrogen-bond acceptors (Lipinski definition) is 4. The Labute approximate surface area is 164 Å². The van der Waals surface area contributed by atoms with Crippen LogP contribution in [0.5, 0.6) is 17.2 Å². The molecule has 0 unspecified atom stereocenters. The van der Waals surface area contributed by atoms with Gasteiger partial charge < -0.3 is 19.5 Å². The van der Waals surface area contributed by atoms with Gasteiger partial charge in [0.1, 0.15) is 23.9 Å². The summed E-state index contributed by atoms with van der Waals surface area (Å²) in [7, 11) is 1.60. The molecule has 0 heterocycles. The van der Waals surface area contributed by atoms with Crippen LogP contribution >= 0.6 is 0 Å². The summed E-state index contributed by atoms with van der Waals surface area (Å²) < 4.78 is 16.5. The third-order valence-corrected chi connectivity index (χ3v) is 4.11. The van der Waals surface area contributed by atoms with Crippen molar-refractivity contribution >= 4 is 11.6 Å². The highest BCUT2D eigenvalue weighted by Crippen LogP contribution is 2.20. The standard InChI is InChI=1S/C23H23NO4/c1-17(28-22-14-12-20(26-2)13-15-22)23(25)24-19-8-10-21(11-9-19)27-16-18-6-4-3-5-7-18/h3-15,17H,16H2,1-2H3,(H,24,25)/t17-/m0/s1. The molecule has 0 saturated heterocycles. The Bertz CT molecular complexity index is 877. The second-order valence-electron chi connectivity index (χ2n) is 6.22. The Kier molecular flexibility index (Phi) is 6.52. The lowest BCUT2D eigenvalue weighted by Gasteiger charge is -2.15. The molecule has 0 aromatic heterocycles. The van der Waals surface area contributed by atoms with Crippen molar-refractivity contribution in [2.24, 2.45) is 0 Å². The maximum absolute atomic E-state index is 12.3. The van der Waals surface area contributed by atoms with Gasteiger partial charge in [0.15, 0.2) is 6.10 Å². The van der Waals surface area contributed by atoms with Crippen LogP contribution in [0.3, 0.4) is 0 Å². The summed E-state index contributed by atoms with van der Waals surface area (Å²) >= 11 is 0. The summed E-state index contributed by atoms with van der Waals surface area (Å²) in [5.74, 6) is 1.85. The molecule has 0 fully saturated rings. The normalized spacial score (nSPS) is 11.4. The summed E-state index contributed by atoms with van der Waals surface area (Å²) in [6.45, 7) is 2.20. The van der Waals surface area contributed by atoms with Crippen molar-refractivity contribution in [2.45, 2.75) is 19.6 Å². The lowest BCUT2D eigenvalue weighted by atomic mass is 10.2. The molecule has 0 spiro atoms. The van der Waals surface area contributed by atoms with Gasteiger partial charge in [-0.3, -0.25) is 4.79 Å². The van der Waals surface area contributed by atoms with E-state index in [9.17, 15) is 4.79 Å². The van der Waals surface area contributed by atoms with Crippen LogP contribution in [0.2, 0.25) is 0 Å². The minimum Gasteiger partial charge on any atom is -0.497 e. The Morgan fingerprint density at radius 1 is 0.857 bits per heavy atom. The van der Waals surface area contributed by atoms with E-state index >= 15 is 0 Å². The van der Waals surface area contributed by atoms with Gasteiger partial charge in [0.2, 0.25) is 0 Å². The van der Waals surface area contributed by atoms with Crippen molar-refractivity contribution < 1.29 is 19.0 Å². The van der Waals surface area contributed by atoms with E-state index in [4.69, 9.17) is 14.2 Å². The third kappa shape index (κ3) is 5.51. The first kappa shape index (κ1) is 19.3. The zero-order valence-electron chi connectivity index (χ0n) is 15.9. The molecule has 5 heteroatoms. The molecule has 144 valence electrons. The summed E-state index contributed by atoms with van der Waals surface area (Å²) in [6.07, 6.45) is -0.637. The van der Waals surface area contributed by atoms with E-state index in [0.29, 0.717) is 18.0 Å². The van der Waals surface area contributed by atoms with Gasteiger partial charge in [0.25, 0.3) is 5.91 Å². The van der Waals surface area contributed by atoms with Crippen LogP contribution < -0.4 is 19.5 Å². The zero-order chi connectivity index (χ0) is 19.8. The fraction of sp³-hybridized carbons (Fsp3) is 0.174. The number of nitrogens with one attached hydrogen (secondary N) is 1. The van der Waals surface area contributed by atoms with Crippen molar-refractivity contribution in [2.75, 3.05) is 12.4 Å². The summed E-state index contributed by atoms with van der Waals surface area (Å²) in [5, 5.41) is 2.84. The van der Waals surface area contributed by atoms with Gasteiger partial charge in [-0.05, 0) is 61.0 Å². The molecule has 28 heavy (non-hydrogen) atoms. The molecule has 0 aliphatic rings. The number of ether oxygens (including phenoxy) is 3. The van der Waals surface area contributed by atoms with Gasteiger partial charge in [-0.2, -0.15) is 0 Å². The Balaban J connectivity index is 1.50. The summed E-state index contributed by atoms with van der Waals surface area (Å²) in [4.78, 5) is 12.3. The number of rotatable bonds is 8. The van der Waals surface area contributed by atoms with Crippen LogP contribution in [-0.2, 0) is 11.4 Å². The molecule has 5 nitrogen and oxygen atoms in total. The maximum Gasteiger partial charge on any atom is 0.265 e. The van der Waals surface area contributed by atoms with Gasteiger partial charge in [-0.1, -0.05) is 30.3 Å². The van der Waals surface area contributed by atoms with Gasteiger partial charge >= 0.3 is 0 Å². The molecule has 1 amide bonds. The van der Waals surface area contributed by atoms with Crippen LogP contribution in [0.4, 0.5) is 5.69 Å². The largest absolute Gasteiger partial charge is 0.497 e. The second kappa shape index (κ2) is 9.46. The molecule has 0 saturated carbocycles. The fourth-order valence-electron chi connectivity index (χ4n) is 2.53. The molecular formula is C23H23NO4. The first-order valence-corrected chi connectivity index (χ1v) is 9.02.